The van der Waals surface area contributed by atoms with Crippen LogP contribution in [-0.4, -0.2) is 44.3 Å². The highest BCUT2D eigenvalue weighted by atomic mass is 32.1. The Morgan fingerprint density at radius 1 is 1.22 bits per heavy atom. The lowest BCUT2D eigenvalue weighted by Gasteiger charge is -2.11. The molecule has 0 saturated carbocycles. The number of hydrogen-bond donors (Lipinski definition) is 1. The molecule has 2 aromatic heterocycles. The lowest BCUT2D eigenvalue weighted by Crippen LogP contribution is -2.20. The molecule has 142 valence electrons. The van der Waals surface area contributed by atoms with Gasteiger partial charge in [0, 0.05) is 10.9 Å². The number of amides is 1. The van der Waals surface area contributed by atoms with Crippen molar-refractivity contribution in [2.45, 2.75) is 27.3 Å². The largest absolute Gasteiger partial charge is 0.490 e. The maximum Gasteiger partial charge on any atom is 0.249 e. The number of aryl methyl sites for hydroxylation is 1. The molecule has 0 unspecified atom stereocenters. The zero-order valence-corrected chi connectivity index (χ0v) is 16.1. The molecule has 10 heteroatoms. The lowest BCUT2D eigenvalue weighted by atomic mass is 10.2. The van der Waals surface area contributed by atoms with Gasteiger partial charge in [-0.3, -0.25) is 4.79 Å². The number of hydrogen-bond acceptors (Lipinski definition) is 8. The molecule has 3 aromatic rings. The number of thiazole rings is 1. The third kappa shape index (κ3) is 4.79. The third-order valence-corrected chi connectivity index (χ3v) is 4.28. The highest BCUT2D eigenvalue weighted by Crippen LogP contribution is 2.31. The van der Waals surface area contributed by atoms with Gasteiger partial charge in [0.25, 0.3) is 0 Å². The molecule has 0 aliphatic heterocycles. The predicted octanol–water partition coefficient (Wildman–Crippen LogP) is 2.54. The van der Waals surface area contributed by atoms with E-state index in [0.717, 1.165) is 11.3 Å². The molecule has 0 fully saturated rings. The molecule has 0 spiro atoms. The summed E-state index contributed by atoms with van der Waals surface area (Å²) in [4.78, 5) is 17.5. The van der Waals surface area contributed by atoms with Crippen LogP contribution in [0.3, 0.4) is 0 Å². The maximum absolute atomic E-state index is 12.1. The summed E-state index contributed by atoms with van der Waals surface area (Å²) >= 11 is 1.37. The summed E-state index contributed by atoms with van der Waals surface area (Å²) < 4.78 is 11.2. The Morgan fingerprint density at radius 3 is 2.70 bits per heavy atom. The van der Waals surface area contributed by atoms with E-state index in [-0.39, 0.29) is 12.5 Å². The SMILES string of the molecule is CCOc1ccc(-c2nnn(CC(=O)Nc3nc(C)cs3)n2)cc1OCC. The van der Waals surface area contributed by atoms with Crippen molar-refractivity contribution in [1.82, 2.24) is 25.2 Å². The number of nitrogens with one attached hydrogen (secondary N) is 1. The van der Waals surface area contributed by atoms with Crippen LogP contribution in [0, 0.1) is 6.92 Å². The fourth-order valence-corrected chi connectivity index (χ4v) is 3.02. The van der Waals surface area contributed by atoms with Crippen molar-refractivity contribution in [2.24, 2.45) is 0 Å². The second kappa shape index (κ2) is 8.58. The normalized spacial score (nSPS) is 10.6. The van der Waals surface area contributed by atoms with Gasteiger partial charge < -0.3 is 14.8 Å². The fraction of sp³-hybridized carbons (Fsp3) is 0.353. The minimum absolute atomic E-state index is 0.0546. The van der Waals surface area contributed by atoms with Crippen LogP contribution in [0.2, 0.25) is 0 Å². The summed E-state index contributed by atoms with van der Waals surface area (Å²) in [5, 5.41) is 17.3. The summed E-state index contributed by atoms with van der Waals surface area (Å²) in [5.41, 5.74) is 1.58. The molecule has 0 saturated heterocycles. The second-order valence-electron chi connectivity index (χ2n) is 5.51. The molecule has 2 heterocycles. The van der Waals surface area contributed by atoms with E-state index in [1.54, 1.807) is 6.07 Å². The Balaban J connectivity index is 1.71. The predicted molar refractivity (Wildman–Crippen MR) is 101 cm³/mol. The number of carbonyl (C=O) groups excluding carboxylic acids is 1. The zero-order valence-electron chi connectivity index (χ0n) is 15.3. The van der Waals surface area contributed by atoms with E-state index in [4.69, 9.17) is 9.47 Å². The van der Waals surface area contributed by atoms with E-state index < -0.39 is 0 Å². The number of anilines is 1. The molecule has 0 aliphatic rings. The van der Waals surface area contributed by atoms with Gasteiger partial charge in [-0.15, -0.1) is 21.5 Å². The van der Waals surface area contributed by atoms with E-state index in [1.165, 1.54) is 16.1 Å². The summed E-state index contributed by atoms with van der Waals surface area (Å²) in [6.45, 7) is 6.68. The van der Waals surface area contributed by atoms with Crippen molar-refractivity contribution >= 4 is 22.4 Å². The molecule has 27 heavy (non-hydrogen) atoms. The third-order valence-electron chi connectivity index (χ3n) is 3.40. The Bertz CT molecular complexity index is 923. The maximum atomic E-state index is 12.1. The summed E-state index contributed by atoms with van der Waals surface area (Å²) in [5.74, 6) is 1.41. The monoisotopic (exact) mass is 388 g/mol. The second-order valence-corrected chi connectivity index (χ2v) is 6.37. The first-order valence-corrected chi connectivity index (χ1v) is 9.36. The Kier molecular flexibility index (Phi) is 5.97. The van der Waals surface area contributed by atoms with Crippen LogP contribution in [0.5, 0.6) is 11.5 Å². The number of rotatable bonds is 8. The molecule has 1 aromatic carbocycles. The van der Waals surface area contributed by atoms with Gasteiger partial charge in [0.2, 0.25) is 11.7 Å². The standard InChI is InChI=1S/C17H20N6O3S/c1-4-25-13-7-6-12(8-14(13)26-5-2)16-20-22-23(21-16)9-15(24)19-17-18-11(3)10-27-17/h6-8,10H,4-5,9H2,1-3H3,(H,18,19,24). The minimum Gasteiger partial charge on any atom is -0.490 e. The Hall–Kier alpha value is -3.01. The quantitative estimate of drug-likeness (QED) is 0.632. The van der Waals surface area contributed by atoms with Crippen molar-refractivity contribution in [1.29, 1.82) is 0 Å². The summed E-state index contributed by atoms with van der Waals surface area (Å²) in [7, 11) is 0. The molecule has 3 rings (SSSR count). The van der Waals surface area contributed by atoms with Crippen LogP contribution < -0.4 is 14.8 Å². The van der Waals surface area contributed by atoms with Crippen molar-refractivity contribution in [3.05, 3.63) is 29.3 Å². The molecular weight excluding hydrogens is 368 g/mol. The fourth-order valence-electron chi connectivity index (χ4n) is 2.31. The van der Waals surface area contributed by atoms with Gasteiger partial charge in [0.15, 0.2) is 16.6 Å². The average Bonchev–Trinajstić information content (AvgIpc) is 3.26. The van der Waals surface area contributed by atoms with Crippen molar-refractivity contribution in [2.75, 3.05) is 18.5 Å². The molecule has 1 amide bonds. The topological polar surface area (TPSA) is 104 Å². The van der Waals surface area contributed by atoms with Crippen LogP contribution in [-0.2, 0) is 11.3 Å². The molecule has 9 nitrogen and oxygen atoms in total. The smallest absolute Gasteiger partial charge is 0.249 e. The van der Waals surface area contributed by atoms with Crippen LogP contribution in [0.15, 0.2) is 23.6 Å². The summed E-state index contributed by atoms with van der Waals surface area (Å²) in [6, 6.07) is 5.43. The number of benzene rings is 1. The van der Waals surface area contributed by atoms with Gasteiger partial charge in [-0.25, -0.2) is 4.98 Å². The number of ether oxygens (including phenoxy) is 2. The zero-order chi connectivity index (χ0) is 19.2. The number of nitrogens with zero attached hydrogens (tertiary/aromatic N) is 5. The Labute approximate surface area is 160 Å². The van der Waals surface area contributed by atoms with Gasteiger partial charge >= 0.3 is 0 Å². The summed E-state index contributed by atoms with van der Waals surface area (Å²) in [6.07, 6.45) is 0. The minimum atomic E-state index is -0.269. The van der Waals surface area contributed by atoms with Crippen LogP contribution in [0.4, 0.5) is 5.13 Å². The van der Waals surface area contributed by atoms with Crippen molar-refractivity contribution in [3.63, 3.8) is 0 Å². The van der Waals surface area contributed by atoms with E-state index in [2.05, 4.69) is 25.7 Å². The molecule has 1 N–H and O–H groups in total. The molecule has 0 atom stereocenters. The lowest BCUT2D eigenvalue weighted by molar-refractivity contribution is -0.117. The van der Waals surface area contributed by atoms with Gasteiger partial charge in [-0.1, -0.05) is 0 Å². The molecule has 0 aliphatic carbocycles. The van der Waals surface area contributed by atoms with Crippen molar-refractivity contribution < 1.29 is 14.3 Å². The van der Waals surface area contributed by atoms with Gasteiger partial charge in [-0.05, 0) is 44.2 Å². The van der Waals surface area contributed by atoms with Gasteiger partial charge in [0.05, 0.1) is 18.9 Å². The first-order chi connectivity index (χ1) is 13.1. The Morgan fingerprint density at radius 2 is 2.00 bits per heavy atom. The van der Waals surface area contributed by atoms with Gasteiger partial charge in [-0.2, -0.15) is 4.80 Å². The molecule has 0 radical (unpaired) electrons. The molecular formula is C17H20N6O3S. The van der Waals surface area contributed by atoms with Crippen LogP contribution in [0.25, 0.3) is 11.4 Å². The first kappa shape index (κ1) is 18.8. The van der Waals surface area contributed by atoms with E-state index >= 15 is 0 Å². The van der Waals surface area contributed by atoms with E-state index in [9.17, 15) is 4.79 Å². The highest BCUT2D eigenvalue weighted by molar-refractivity contribution is 7.13. The van der Waals surface area contributed by atoms with Crippen LogP contribution in [0.1, 0.15) is 19.5 Å². The van der Waals surface area contributed by atoms with Gasteiger partial charge in [0.1, 0.15) is 6.54 Å². The van der Waals surface area contributed by atoms with E-state index in [0.29, 0.717) is 35.7 Å². The average molecular weight is 388 g/mol. The highest BCUT2D eigenvalue weighted by Gasteiger charge is 2.13. The molecule has 0 bridgehead atoms. The number of carbonyl (C=O) groups is 1. The van der Waals surface area contributed by atoms with Crippen LogP contribution >= 0.6 is 11.3 Å². The number of tetrazole rings is 1. The number of aromatic nitrogens is 5. The van der Waals surface area contributed by atoms with E-state index in [1.807, 2.05) is 38.3 Å². The van der Waals surface area contributed by atoms with Crippen molar-refractivity contribution in [3.8, 4) is 22.9 Å². The first-order valence-electron chi connectivity index (χ1n) is 8.48.